The van der Waals surface area contributed by atoms with Crippen molar-refractivity contribution in [3.8, 4) is 11.6 Å². The third kappa shape index (κ3) is 3.66. The monoisotopic (exact) mass is 458 g/mol. The van der Waals surface area contributed by atoms with Crippen molar-refractivity contribution in [3.63, 3.8) is 0 Å². The van der Waals surface area contributed by atoms with Crippen LogP contribution in [0.25, 0.3) is 16.7 Å². The molecule has 4 aromatic rings. The zero-order valence-corrected chi connectivity index (χ0v) is 18.6. The van der Waals surface area contributed by atoms with Crippen molar-refractivity contribution < 1.29 is 17.9 Å². The minimum atomic E-state index is -4.06. The Morgan fingerprint density at radius 1 is 1.13 bits per heavy atom. The topological polar surface area (TPSA) is 86.4 Å². The molecule has 8 nitrogen and oxygen atoms in total. The SMILES string of the molecule is Cc1nn(C)c(-n2ccc3cc(Cl)ccc32)c1OC(=O)N(C)S(=O)(=O)c1ccccc1. The van der Waals surface area contributed by atoms with Crippen LogP contribution in [0.3, 0.4) is 0 Å². The van der Waals surface area contributed by atoms with E-state index in [1.54, 1.807) is 53.7 Å². The highest BCUT2D eigenvalue weighted by atomic mass is 35.5. The van der Waals surface area contributed by atoms with Crippen LogP contribution in [0.1, 0.15) is 5.69 Å². The summed E-state index contributed by atoms with van der Waals surface area (Å²) in [7, 11) is -1.19. The van der Waals surface area contributed by atoms with E-state index in [4.69, 9.17) is 16.3 Å². The molecule has 0 aliphatic heterocycles. The molecule has 0 spiro atoms. The second kappa shape index (κ2) is 7.75. The molecule has 0 saturated carbocycles. The molecule has 2 aromatic carbocycles. The first-order chi connectivity index (χ1) is 14.7. The molecule has 0 atom stereocenters. The molecule has 10 heteroatoms. The first-order valence-corrected chi connectivity index (χ1v) is 11.1. The van der Waals surface area contributed by atoms with Crippen LogP contribution in [0.4, 0.5) is 4.79 Å². The second-order valence-corrected chi connectivity index (χ2v) is 9.31. The Balaban J connectivity index is 1.72. The van der Waals surface area contributed by atoms with E-state index in [-0.39, 0.29) is 10.6 Å². The van der Waals surface area contributed by atoms with Gasteiger partial charge in [0.1, 0.15) is 5.69 Å². The standard InChI is InChI=1S/C21H19ClN4O4S/c1-14-19(30-21(27)25(3)31(28,29)17-7-5-4-6-8-17)20(24(2)23-14)26-12-11-15-13-16(22)9-10-18(15)26/h4-13H,1-3H3. The van der Waals surface area contributed by atoms with E-state index < -0.39 is 16.1 Å². The Morgan fingerprint density at radius 2 is 1.84 bits per heavy atom. The number of nitrogens with zero attached hydrogens (tertiary/aromatic N) is 4. The molecule has 0 N–H and O–H groups in total. The quantitative estimate of drug-likeness (QED) is 0.458. The third-order valence-electron chi connectivity index (χ3n) is 4.87. The maximum Gasteiger partial charge on any atom is 0.429 e. The summed E-state index contributed by atoms with van der Waals surface area (Å²) in [4.78, 5) is 12.8. The zero-order chi connectivity index (χ0) is 22.3. The first kappa shape index (κ1) is 21.0. The van der Waals surface area contributed by atoms with Gasteiger partial charge in [0, 0.05) is 30.7 Å². The number of ether oxygens (including phenoxy) is 1. The van der Waals surface area contributed by atoms with Crippen LogP contribution in [-0.2, 0) is 17.1 Å². The van der Waals surface area contributed by atoms with Crippen LogP contribution in [-0.4, -0.2) is 40.2 Å². The minimum absolute atomic E-state index is 0.00846. The second-order valence-electron chi connectivity index (χ2n) is 6.90. The molecular formula is C21H19ClN4O4S. The number of hydrogen-bond donors (Lipinski definition) is 0. The molecule has 2 aromatic heterocycles. The van der Waals surface area contributed by atoms with Gasteiger partial charge in [-0.05, 0) is 43.3 Å². The van der Waals surface area contributed by atoms with E-state index in [9.17, 15) is 13.2 Å². The van der Waals surface area contributed by atoms with Crippen molar-refractivity contribution in [2.75, 3.05) is 7.05 Å². The summed E-state index contributed by atoms with van der Waals surface area (Å²) in [5.74, 6) is 0.642. The number of rotatable bonds is 4. The van der Waals surface area contributed by atoms with E-state index in [0.29, 0.717) is 20.8 Å². The van der Waals surface area contributed by atoms with Crippen LogP contribution in [0.5, 0.6) is 5.75 Å². The third-order valence-corrected chi connectivity index (χ3v) is 6.84. The molecule has 1 amide bonds. The van der Waals surface area contributed by atoms with Crippen molar-refractivity contribution in [3.05, 3.63) is 71.5 Å². The normalized spacial score (nSPS) is 11.6. The summed E-state index contributed by atoms with van der Waals surface area (Å²) in [6, 6.07) is 15.0. The fourth-order valence-electron chi connectivity index (χ4n) is 3.31. The number of halogens is 1. The molecule has 0 aliphatic carbocycles. The van der Waals surface area contributed by atoms with E-state index >= 15 is 0 Å². The van der Waals surface area contributed by atoms with E-state index in [0.717, 1.165) is 18.0 Å². The van der Waals surface area contributed by atoms with E-state index in [2.05, 4.69) is 5.10 Å². The number of carbonyl (C=O) groups is 1. The van der Waals surface area contributed by atoms with Crippen LogP contribution in [0.2, 0.25) is 5.02 Å². The number of hydrogen-bond acceptors (Lipinski definition) is 5. The Hall–Kier alpha value is -3.30. The van der Waals surface area contributed by atoms with Gasteiger partial charge in [-0.25, -0.2) is 22.2 Å². The largest absolute Gasteiger partial charge is 0.429 e. The Kier molecular flexibility index (Phi) is 5.24. The predicted octanol–water partition coefficient (Wildman–Crippen LogP) is 4.15. The Labute approximate surface area is 184 Å². The van der Waals surface area contributed by atoms with Gasteiger partial charge >= 0.3 is 6.09 Å². The van der Waals surface area contributed by atoms with Crippen molar-refractivity contribution >= 4 is 38.6 Å². The average molecular weight is 459 g/mol. The zero-order valence-electron chi connectivity index (χ0n) is 17.0. The van der Waals surface area contributed by atoms with Crippen molar-refractivity contribution in [1.29, 1.82) is 0 Å². The molecular weight excluding hydrogens is 440 g/mol. The van der Waals surface area contributed by atoms with Crippen LogP contribution < -0.4 is 4.74 Å². The summed E-state index contributed by atoms with van der Waals surface area (Å²) in [5.41, 5.74) is 1.27. The first-order valence-electron chi connectivity index (χ1n) is 9.26. The number of carbonyl (C=O) groups excluding carboxylic acids is 1. The van der Waals surface area contributed by atoms with Gasteiger partial charge in [-0.1, -0.05) is 29.8 Å². The van der Waals surface area contributed by atoms with Gasteiger partial charge in [-0.3, -0.25) is 4.57 Å². The van der Waals surface area contributed by atoms with Gasteiger partial charge in [0.15, 0.2) is 11.6 Å². The Morgan fingerprint density at radius 3 is 2.55 bits per heavy atom. The van der Waals surface area contributed by atoms with Gasteiger partial charge in [-0.2, -0.15) is 5.10 Å². The summed E-state index contributed by atoms with van der Waals surface area (Å²) < 4.78 is 35.0. The lowest BCUT2D eigenvalue weighted by Gasteiger charge is -2.18. The molecule has 0 bridgehead atoms. The molecule has 0 saturated heterocycles. The van der Waals surface area contributed by atoms with Crippen LogP contribution >= 0.6 is 11.6 Å². The summed E-state index contributed by atoms with van der Waals surface area (Å²) in [5, 5.41) is 5.85. The molecule has 0 aliphatic rings. The number of benzene rings is 2. The molecule has 4 rings (SSSR count). The van der Waals surface area contributed by atoms with Crippen LogP contribution in [0.15, 0.2) is 65.7 Å². The summed E-state index contributed by atoms with van der Waals surface area (Å²) in [6.45, 7) is 1.68. The van der Waals surface area contributed by atoms with Gasteiger partial charge < -0.3 is 4.74 Å². The lowest BCUT2D eigenvalue weighted by atomic mass is 10.2. The number of fused-ring (bicyclic) bond motifs is 1. The molecule has 0 radical (unpaired) electrons. The van der Waals surface area contributed by atoms with Crippen molar-refractivity contribution in [2.45, 2.75) is 11.8 Å². The minimum Gasteiger partial charge on any atom is -0.403 e. The number of aryl methyl sites for hydroxylation is 2. The van der Waals surface area contributed by atoms with Crippen LogP contribution in [0, 0.1) is 6.92 Å². The highest BCUT2D eigenvalue weighted by Gasteiger charge is 2.29. The molecule has 0 fully saturated rings. The van der Waals surface area contributed by atoms with Crippen molar-refractivity contribution in [1.82, 2.24) is 18.7 Å². The molecule has 31 heavy (non-hydrogen) atoms. The maximum absolute atomic E-state index is 12.8. The van der Waals surface area contributed by atoms with Gasteiger partial charge in [0.05, 0.1) is 10.4 Å². The highest BCUT2D eigenvalue weighted by molar-refractivity contribution is 7.89. The smallest absolute Gasteiger partial charge is 0.403 e. The van der Waals surface area contributed by atoms with Crippen molar-refractivity contribution in [2.24, 2.45) is 7.05 Å². The lowest BCUT2D eigenvalue weighted by Crippen LogP contribution is -2.35. The molecule has 0 unspecified atom stereocenters. The van der Waals surface area contributed by atoms with E-state index in [1.165, 1.54) is 12.1 Å². The fourth-order valence-corrected chi connectivity index (χ4v) is 4.54. The van der Waals surface area contributed by atoms with Gasteiger partial charge in [0.2, 0.25) is 0 Å². The summed E-state index contributed by atoms with van der Waals surface area (Å²) in [6.07, 6.45) is 0.764. The van der Waals surface area contributed by atoms with E-state index in [1.807, 2.05) is 18.2 Å². The van der Waals surface area contributed by atoms with Gasteiger partial charge in [0.25, 0.3) is 10.0 Å². The fraction of sp³-hybridized carbons (Fsp3) is 0.143. The Bertz CT molecular complexity index is 1390. The number of aromatic nitrogens is 3. The number of amides is 1. The predicted molar refractivity (Wildman–Crippen MR) is 117 cm³/mol. The average Bonchev–Trinajstić information content (AvgIpc) is 3.27. The lowest BCUT2D eigenvalue weighted by molar-refractivity contribution is 0.184. The molecule has 2 heterocycles. The molecule has 160 valence electrons. The summed E-state index contributed by atoms with van der Waals surface area (Å²) >= 11 is 6.08. The highest BCUT2D eigenvalue weighted by Crippen LogP contribution is 2.32. The van der Waals surface area contributed by atoms with Gasteiger partial charge in [-0.15, -0.1) is 0 Å². The number of sulfonamides is 1. The maximum atomic E-state index is 12.8.